The second-order valence-corrected chi connectivity index (χ2v) is 9.82. The van der Waals surface area contributed by atoms with E-state index in [1.807, 2.05) is 24.3 Å². The minimum absolute atomic E-state index is 0.0189. The summed E-state index contributed by atoms with van der Waals surface area (Å²) in [5, 5.41) is 30.5. The number of hydrogen-bond donors (Lipinski definition) is 0. The highest BCUT2D eigenvalue weighted by atomic mass is 35.5. The maximum atomic E-state index is 10.9. The van der Waals surface area contributed by atoms with Gasteiger partial charge in [-0.15, -0.1) is 20.5 Å². The molecule has 0 aliphatic heterocycles. The van der Waals surface area contributed by atoms with E-state index in [-0.39, 0.29) is 21.8 Å². The molecule has 0 amide bonds. The highest BCUT2D eigenvalue weighted by Crippen LogP contribution is 2.42. The Morgan fingerprint density at radius 3 is 1.79 bits per heavy atom. The van der Waals surface area contributed by atoms with Crippen molar-refractivity contribution in [1.82, 2.24) is 0 Å². The van der Waals surface area contributed by atoms with E-state index in [0.717, 1.165) is 16.5 Å². The van der Waals surface area contributed by atoms with Gasteiger partial charge < -0.3 is 9.47 Å². The van der Waals surface area contributed by atoms with E-state index in [1.54, 1.807) is 12.1 Å². The average molecular weight is 532 g/mol. The van der Waals surface area contributed by atoms with Crippen molar-refractivity contribution in [3.63, 3.8) is 0 Å². The fraction of sp³-hybridized carbons (Fsp3) is 0.214. The normalized spacial score (nSPS) is 11.9. The largest absolute Gasteiger partial charge is 0.494 e. The van der Waals surface area contributed by atoms with Crippen LogP contribution in [0.4, 0.5) is 28.4 Å². The molecule has 0 bridgehead atoms. The Morgan fingerprint density at radius 1 is 0.737 bits per heavy atom. The zero-order valence-corrected chi connectivity index (χ0v) is 22.4. The third kappa shape index (κ3) is 5.63. The summed E-state index contributed by atoms with van der Waals surface area (Å²) in [4.78, 5) is 10.4. The summed E-state index contributed by atoms with van der Waals surface area (Å²) in [7, 11) is 3.02. The van der Waals surface area contributed by atoms with Crippen LogP contribution in [0.1, 0.15) is 26.3 Å². The zero-order chi connectivity index (χ0) is 27.4. The number of rotatable bonds is 7. The summed E-state index contributed by atoms with van der Waals surface area (Å²) in [6.07, 6.45) is 0. The molecule has 0 fully saturated rings. The van der Waals surface area contributed by atoms with E-state index in [1.165, 1.54) is 38.0 Å². The van der Waals surface area contributed by atoms with Gasteiger partial charge in [-0.25, -0.2) is 0 Å². The van der Waals surface area contributed by atoms with Gasteiger partial charge in [0.2, 0.25) is 0 Å². The van der Waals surface area contributed by atoms with Crippen LogP contribution in [-0.2, 0) is 5.41 Å². The van der Waals surface area contributed by atoms with Crippen molar-refractivity contribution in [3.05, 3.63) is 87.4 Å². The van der Waals surface area contributed by atoms with Crippen LogP contribution in [-0.4, -0.2) is 19.1 Å². The third-order valence-corrected chi connectivity index (χ3v) is 6.17. The Kier molecular flexibility index (Phi) is 7.68. The standard InChI is InChI=1S/C28H26ClN5O4/c1-28(2,3)20-11-13-22(19-9-7-6-8-18(19)20)30-32-24-15-27(38-5)25(16-26(24)37-4)33-31-23-12-10-17(34(35)36)14-21(23)29/h6-16H,1-5H3. The molecule has 0 atom stereocenters. The van der Waals surface area contributed by atoms with Crippen LogP contribution >= 0.6 is 11.6 Å². The molecule has 0 saturated carbocycles. The molecule has 0 spiro atoms. The lowest BCUT2D eigenvalue weighted by Gasteiger charge is -2.21. The van der Waals surface area contributed by atoms with Crippen LogP contribution in [0.2, 0.25) is 5.02 Å². The number of benzene rings is 4. The van der Waals surface area contributed by atoms with Gasteiger partial charge in [0.1, 0.15) is 28.6 Å². The number of nitro benzene ring substituents is 1. The lowest BCUT2D eigenvalue weighted by molar-refractivity contribution is -0.384. The SMILES string of the molecule is COc1cc(N=Nc2ccc(C(C)(C)C)c3ccccc23)c(OC)cc1N=Nc1ccc([N+](=O)[O-])cc1Cl. The first-order chi connectivity index (χ1) is 18.1. The van der Waals surface area contributed by atoms with Crippen molar-refractivity contribution in [3.8, 4) is 11.5 Å². The molecule has 0 N–H and O–H groups in total. The van der Waals surface area contributed by atoms with Crippen LogP contribution < -0.4 is 9.47 Å². The van der Waals surface area contributed by atoms with Crippen molar-refractivity contribution >= 4 is 50.8 Å². The van der Waals surface area contributed by atoms with Gasteiger partial charge in [0.15, 0.2) is 0 Å². The van der Waals surface area contributed by atoms with Gasteiger partial charge in [-0.05, 0) is 28.5 Å². The van der Waals surface area contributed by atoms with Gasteiger partial charge in [-0.1, -0.05) is 62.7 Å². The van der Waals surface area contributed by atoms with E-state index < -0.39 is 4.92 Å². The number of nitro groups is 1. The second-order valence-electron chi connectivity index (χ2n) is 9.42. The minimum atomic E-state index is -0.532. The molecule has 4 aromatic carbocycles. The van der Waals surface area contributed by atoms with Gasteiger partial charge in [0.05, 0.1) is 29.9 Å². The highest BCUT2D eigenvalue weighted by molar-refractivity contribution is 6.33. The van der Waals surface area contributed by atoms with Crippen molar-refractivity contribution < 1.29 is 14.4 Å². The molecule has 0 aliphatic rings. The first-order valence-electron chi connectivity index (χ1n) is 11.7. The van der Waals surface area contributed by atoms with Crippen molar-refractivity contribution in [1.29, 1.82) is 0 Å². The third-order valence-electron chi connectivity index (χ3n) is 5.86. The number of methoxy groups -OCH3 is 2. The maximum Gasteiger partial charge on any atom is 0.271 e. The number of hydrogen-bond acceptors (Lipinski definition) is 8. The Morgan fingerprint density at radius 2 is 1.26 bits per heavy atom. The van der Waals surface area contributed by atoms with E-state index in [0.29, 0.717) is 22.9 Å². The molecule has 0 unspecified atom stereocenters. The van der Waals surface area contributed by atoms with Gasteiger partial charge in [0.25, 0.3) is 5.69 Å². The van der Waals surface area contributed by atoms with Crippen molar-refractivity contribution in [2.75, 3.05) is 14.2 Å². The number of non-ortho nitro benzene ring substituents is 1. The second kappa shape index (κ2) is 10.9. The van der Waals surface area contributed by atoms with Crippen molar-refractivity contribution in [2.45, 2.75) is 26.2 Å². The summed E-state index contributed by atoms with van der Waals surface area (Å²) in [6, 6.07) is 19.4. The van der Waals surface area contributed by atoms with E-state index in [9.17, 15) is 10.1 Å². The van der Waals surface area contributed by atoms with E-state index in [4.69, 9.17) is 21.1 Å². The zero-order valence-electron chi connectivity index (χ0n) is 21.6. The first kappa shape index (κ1) is 26.7. The van der Waals surface area contributed by atoms with E-state index >= 15 is 0 Å². The monoisotopic (exact) mass is 531 g/mol. The van der Waals surface area contributed by atoms with Gasteiger partial charge >= 0.3 is 0 Å². The predicted molar refractivity (Wildman–Crippen MR) is 149 cm³/mol. The summed E-state index contributed by atoms with van der Waals surface area (Å²) in [5.74, 6) is 0.795. The molecule has 10 heteroatoms. The fourth-order valence-corrected chi connectivity index (χ4v) is 4.16. The van der Waals surface area contributed by atoms with Crippen LogP contribution in [0.15, 0.2) is 87.2 Å². The van der Waals surface area contributed by atoms with Crippen LogP contribution in [0.25, 0.3) is 10.8 Å². The first-order valence-corrected chi connectivity index (χ1v) is 12.1. The Hall–Kier alpha value is -4.37. The molecular formula is C28H26ClN5O4. The van der Waals surface area contributed by atoms with Crippen LogP contribution in [0.5, 0.6) is 11.5 Å². The molecule has 9 nitrogen and oxygen atoms in total. The lowest BCUT2D eigenvalue weighted by Crippen LogP contribution is -2.11. The Balaban J connectivity index is 1.70. The van der Waals surface area contributed by atoms with Crippen molar-refractivity contribution in [2.24, 2.45) is 20.5 Å². The van der Waals surface area contributed by atoms with E-state index in [2.05, 4.69) is 53.4 Å². The quantitative estimate of drug-likeness (QED) is 0.134. The summed E-state index contributed by atoms with van der Waals surface area (Å²) < 4.78 is 11.0. The molecule has 0 aromatic heterocycles. The van der Waals surface area contributed by atoms with Gasteiger partial charge in [-0.3, -0.25) is 10.1 Å². The predicted octanol–water partition coefficient (Wildman–Crippen LogP) is 9.55. The summed E-state index contributed by atoms with van der Waals surface area (Å²) in [5.41, 5.74) is 2.88. The number of nitrogens with zero attached hydrogens (tertiary/aromatic N) is 5. The molecule has 194 valence electrons. The number of azo groups is 2. The molecule has 0 aliphatic carbocycles. The maximum absolute atomic E-state index is 10.9. The van der Waals surface area contributed by atoms with Gasteiger partial charge in [-0.2, -0.15) is 0 Å². The Labute approximate surface area is 224 Å². The van der Waals surface area contributed by atoms with Crippen LogP contribution in [0, 0.1) is 10.1 Å². The number of halogens is 1. The van der Waals surface area contributed by atoms with Gasteiger partial charge in [0, 0.05) is 29.7 Å². The van der Waals surface area contributed by atoms with Crippen LogP contribution in [0.3, 0.4) is 0 Å². The molecule has 0 heterocycles. The molecule has 4 aromatic rings. The smallest absolute Gasteiger partial charge is 0.271 e. The molecule has 38 heavy (non-hydrogen) atoms. The summed E-state index contributed by atoms with van der Waals surface area (Å²) >= 11 is 6.13. The molecule has 0 radical (unpaired) electrons. The molecule has 0 saturated heterocycles. The number of fused-ring (bicyclic) bond motifs is 1. The topological polar surface area (TPSA) is 111 Å². The number of ether oxygens (including phenoxy) is 2. The highest BCUT2D eigenvalue weighted by Gasteiger charge is 2.18. The molecule has 4 rings (SSSR count). The summed E-state index contributed by atoms with van der Waals surface area (Å²) in [6.45, 7) is 6.55. The lowest BCUT2D eigenvalue weighted by atomic mass is 9.83. The Bertz CT molecular complexity index is 1580. The average Bonchev–Trinajstić information content (AvgIpc) is 2.90. The molecular weight excluding hydrogens is 506 g/mol. The minimum Gasteiger partial charge on any atom is -0.494 e. The fourth-order valence-electron chi connectivity index (χ4n) is 3.95.